The highest BCUT2D eigenvalue weighted by Gasteiger charge is 2.07. The van der Waals surface area contributed by atoms with E-state index in [-0.39, 0.29) is 18.7 Å². The summed E-state index contributed by atoms with van der Waals surface area (Å²) in [6.07, 6.45) is 0.563. The summed E-state index contributed by atoms with van der Waals surface area (Å²) in [6, 6.07) is 5.55. The predicted molar refractivity (Wildman–Crippen MR) is 74.0 cm³/mol. The third-order valence-corrected chi connectivity index (χ3v) is 3.01. The van der Waals surface area contributed by atoms with Crippen molar-refractivity contribution < 1.29 is 19.4 Å². The molecule has 1 rings (SSSR count). The normalized spacial score (nSPS) is 10.0. The number of carboxylic acid groups (broad SMARTS) is 1. The molecule has 0 aliphatic carbocycles. The lowest BCUT2D eigenvalue weighted by Crippen LogP contribution is -2.22. The summed E-state index contributed by atoms with van der Waals surface area (Å²) in [7, 11) is 1.57. The fourth-order valence-corrected chi connectivity index (χ4v) is 1.98. The second kappa shape index (κ2) is 7.78. The van der Waals surface area contributed by atoms with E-state index >= 15 is 0 Å². The number of hydrogen-bond donors (Lipinski definition) is 2. The number of benzene rings is 1. The van der Waals surface area contributed by atoms with Gasteiger partial charge in [-0.15, -0.1) is 0 Å². The number of ether oxygens (including phenoxy) is 1. The van der Waals surface area contributed by atoms with E-state index in [1.807, 2.05) is 18.2 Å². The van der Waals surface area contributed by atoms with E-state index in [1.165, 1.54) is 0 Å². The van der Waals surface area contributed by atoms with Crippen molar-refractivity contribution >= 4 is 27.8 Å². The van der Waals surface area contributed by atoms with Crippen molar-refractivity contribution in [3.8, 4) is 5.75 Å². The summed E-state index contributed by atoms with van der Waals surface area (Å²) >= 11 is 3.36. The highest BCUT2D eigenvalue weighted by atomic mass is 79.9. The maximum absolute atomic E-state index is 11.5. The van der Waals surface area contributed by atoms with Crippen LogP contribution >= 0.6 is 15.9 Å². The zero-order valence-corrected chi connectivity index (χ0v) is 12.2. The van der Waals surface area contributed by atoms with Crippen molar-refractivity contribution in [2.75, 3.05) is 7.11 Å². The van der Waals surface area contributed by atoms with Crippen LogP contribution in [0.3, 0.4) is 0 Å². The average molecular weight is 330 g/mol. The van der Waals surface area contributed by atoms with E-state index in [0.29, 0.717) is 18.7 Å². The molecular formula is C13H16BrNO4. The van der Waals surface area contributed by atoms with Crippen LogP contribution in [0.2, 0.25) is 0 Å². The first kappa shape index (κ1) is 15.5. The molecule has 0 saturated heterocycles. The quantitative estimate of drug-likeness (QED) is 0.805. The zero-order valence-electron chi connectivity index (χ0n) is 10.6. The molecule has 0 spiro atoms. The Bertz CT molecular complexity index is 462. The summed E-state index contributed by atoms with van der Waals surface area (Å²) in [4.78, 5) is 21.9. The third-order valence-electron chi connectivity index (χ3n) is 2.51. The molecule has 2 N–H and O–H groups in total. The highest BCUT2D eigenvalue weighted by molar-refractivity contribution is 9.10. The van der Waals surface area contributed by atoms with Gasteiger partial charge in [-0.25, -0.2) is 0 Å². The van der Waals surface area contributed by atoms with E-state index in [4.69, 9.17) is 9.84 Å². The highest BCUT2D eigenvalue weighted by Crippen LogP contribution is 2.22. The summed E-state index contributed by atoms with van der Waals surface area (Å²) in [6.45, 7) is 0.356. The fourth-order valence-electron chi connectivity index (χ4n) is 1.57. The first-order valence-corrected chi connectivity index (χ1v) is 6.63. The summed E-state index contributed by atoms with van der Waals surface area (Å²) < 4.78 is 6.10. The number of aliphatic carboxylic acids is 1. The minimum Gasteiger partial charge on any atom is -0.496 e. The van der Waals surface area contributed by atoms with E-state index in [9.17, 15) is 9.59 Å². The van der Waals surface area contributed by atoms with Crippen LogP contribution in [0.25, 0.3) is 0 Å². The minimum absolute atomic E-state index is 0.00757. The maximum Gasteiger partial charge on any atom is 0.303 e. The van der Waals surface area contributed by atoms with Crippen LogP contribution in [0.15, 0.2) is 22.7 Å². The van der Waals surface area contributed by atoms with Gasteiger partial charge in [0.15, 0.2) is 0 Å². The van der Waals surface area contributed by atoms with Gasteiger partial charge in [-0.1, -0.05) is 15.9 Å². The zero-order chi connectivity index (χ0) is 14.3. The molecule has 0 aliphatic rings. The Kier molecular flexibility index (Phi) is 6.35. The lowest BCUT2D eigenvalue weighted by Gasteiger charge is -2.10. The number of carbonyl (C=O) groups excluding carboxylic acids is 1. The van der Waals surface area contributed by atoms with Crippen molar-refractivity contribution in [1.29, 1.82) is 0 Å². The molecular weight excluding hydrogens is 314 g/mol. The van der Waals surface area contributed by atoms with Gasteiger partial charge in [-0.05, 0) is 24.6 Å². The number of nitrogens with one attached hydrogen (secondary N) is 1. The van der Waals surface area contributed by atoms with Crippen LogP contribution in [0.5, 0.6) is 5.75 Å². The van der Waals surface area contributed by atoms with Gasteiger partial charge in [0.05, 0.1) is 7.11 Å². The average Bonchev–Trinajstić information content (AvgIpc) is 2.36. The molecule has 104 valence electrons. The molecule has 0 fully saturated rings. The topological polar surface area (TPSA) is 75.6 Å². The van der Waals surface area contributed by atoms with Gasteiger partial charge in [0.25, 0.3) is 0 Å². The number of amides is 1. The molecule has 1 amide bonds. The Balaban J connectivity index is 2.45. The molecule has 0 aliphatic heterocycles. The van der Waals surface area contributed by atoms with Gasteiger partial charge >= 0.3 is 5.97 Å². The second-order valence-electron chi connectivity index (χ2n) is 3.98. The first-order chi connectivity index (χ1) is 9.02. The summed E-state index contributed by atoms with van der Waals surface area (Å²) in [5, 5.41) is 11.2. The van der Waals surface area contributed by atoms with Gasteiger partial charge in [0, 0.05) is 29.4 Å². The van der Waals surface area contributed by atoms with Gasteiger partial charge in [-0.3, -0.25) is 9.59 Å². The molecule has 0 heterocycles. The van der Waals surface area contributed by atoms with Crippen LogP contribution in [-0.2, 0) is 16.1 Å². The van der Waals surface area contributed by atoms with Crippen molar-refractivity contribution in [3.05, 3.63) is 28.2 Å². The Morgan fingerprint density at radius 2 is 2.11 bits per heavy atom. The molecule has 0 unspecified atom stereocenters. The smallest absolute Gasteiger partial charge is 0.303 e. The molecule has 0 aromatic heterocycles. The number of methoxy groups -OCH3 is 1. The van der Waals surface area contributed by atoms with Crippen molar-refractivity contribution in [2.24, 2.45) is 0 Å². The number of rotatable bonds is 7. The van der Waals surface area contributed by atoms with E-state index in [1.54, 1.807) is 7.11 Å². The lowest BCUT2D eigenvalue weighted by atomic mass is 10.2. The molecule has 19 heavy (non-hydrogen) atoms. The first-order valence-electron chi connectivity index (χ1n) is 5.84. The summed E-state index contributed by atoms with van der Waals surface area (Å²) in [5.41, 5.74) is 0.864. The monoisotopic (exact) mass is 329 g/mol. The van der Waals surface area contributed by atoms with Gasteiger partial charge in [0.2, 0.25) is 5.91 Å². The van der Waals surface area contributed by atoms with Crippen LogP contribution < -0.4 is 10.1 Å². The number of halogens is 1. The molecule has 0 radical (unpaired) electrons. The molecule has 0 saturated carbocycles. The van der Waals surface area contributed by atoms with Crippen LogP contribution in [0, 0.1) is 0 Å². The summed E-state index contributed by atoms with van der Waals surface area (Å²) in [5.74, 6) is -0.348. The fraction of sp³-hybridized carbons (Fsp3) is 0.385. The van der Waals surface area contributed by atoms with E-state index < -0.39 is 5.97 Å². The largest absolute Gasteiger partial charge is 0.496 e. The SMILES string of the molecule is COc1ccc(Br)cc1CNC(=O)CCCC(=O)O. The number of hydrogen-bond acceptors (Lipinski definition) is 3. The molecule has 0 atom stereocenters. The molecule has 5 nitrogen and oxygen atoms in total. The Morgan fingerprint density at radius 1 is 1.37 bits per heavy atom. The lowest BCUT2D eigenvalue weighted by molar-refractivity contribution is -0.137. The molecule has 0 bridgehead atoms. The van der Waals surface area contributed by atoms with Gasteiger partial charge in [0.1, 0.15) is 5.75 Å². The van der Waals surface area contributed by atoms with Crippen molar-refractivity contribution in [1.82, 2.24) is 5.32 Å². The van der Waals surface area contributed by atoms with E-state index in [0.717, 1.165) is 10.0 Å². The van der Waals surface area contributed by atoms with Crippen molar-refractivity contribution in [2.45, 2.75) is 25.8 Å². The van der Waals surface area contributed by atoms with E-state index in [2.05, 4.69) is 21.2 Å². The molecule has 1 aromatic carbocycles. The van der Waals surface area contributed by atoms with Crippen LogP contribution in [0.4, 0.5) is 0 Å². The Morgan fingerprint density at radius 3 is 2.74 bits per heavy atom. The Hall–Kier alpha value is -1.56. The maximum atomic E-state index is 11.5. The second-order valence-corrected chi connectivity index (χ2v) is 4.90. The third kappa shape index (κ3) is 5.74. The molecule has 6 heteroatoms. The standard InChI is InChI=1S/C13H16BrNO4/c1-19-11-6-5-10(14)7-9(11)8-15-12(16)3-2-4-13(17)18/h5-7H,2-4,8H2,1H3,(H,15,16)(H,17,18). The van der Waals surface area contributed by atoms with Gasteiger partial charge in [-0.2, -0.15) is 0 Å². The van der Waals surface area contributed by atoms with Gasteiger partial charge < -0.3 is 15.2 Å². The number of carbonyl (C=O) groups is 2. The Labute approximate surface area is 120 Å². The van der Waals surface area contributed by atoms with Crippen LogP contribution in [-0.4, -0.2) is 24.1 Å². The minimum atomic E-state index is -0.888. The number of carboxylic acids is 1. The predicted octanol–water partition coefficient (Wildman–Crippen LogP) is 2.33. The van der Waals surface area contributed by atoms with Crippen molar-refractivity contribution in [3.63, 3.8) is 0 Å². The van der Waals surface area contributed by atoms with Crippen LogP contribution in [0.1, 0.15) is 24.8 Å². The molecule has 1 aromatic rings.